The van der Waals surface area contributed by atoms with Crippen LogP contribution in [-0.4, -0.2) is 13.0 Å². The number of carbonyl (C=O) groups is 1. The number of benzene rings is 2. The molecule has 3 nitrogen and oxygen atoms in total. The summed E-state index contributed by atoms with van der Waals surface area (Å²) in [6, 6.07) is 14.8. The number of ether oxygens (including phenoxy) is 1. The second-order valence-electron chi connectivity index (χ2n) is 4.44. The first-order chi connectivity index (χ1) is 9.61. The number of halogens is 1. The van der Waals surface area contributed by atoms with Crippen molar-refractivity contribution >= 4 is 21.8 Å². The third-order valence-electron chi connectivity index (χ3n) is 3.06. The van der Waals surface area contributed by atoms with Gasteiger partial charge in [-0.2, -0.15) is 0 Å². The van der Waals surface area contributed by atoms with Gasteiger partial charge in [0.1, 0.15) is 5.75 Å². The maximum atomic E-state index is 12.2. The highest BCUT2D eigenvalue weighted by molar-refractivity contribution is 9.10. The summed E-state index contributed by atoms with van der Waals surface area (Å²) in [5, 5.41) is 2.97. The van der Waals surface area contributed by atoms with Gasteiger partial charge < -0.3 is 10.1 Å². The zero-order valence-electron chi connectivity index (χ0n) is 11.4. The molecule has 0 heterocycles. The Labute approximate surface area is 127 Å². The number of hydrogen-bond donors (Lipinski definition) is 1. The third-order valence-corrected chi connectivity index (χ3v) is 3.59. The Balaban J connectivity index is 2.13. The Morgan fingerprint density at radius 1 is 1.15 bits per heavy atom. The van der Waals surface area contributed by atoms with Crippen molar-refractivity contribution in [1.82, 2.24) is 5.32 Å². The van der Waals surface area contributed by atoms with Crippen molar-refractivity contribution < 1.29 is 9.53 Å². The van der Waals surface area contributed by atoms with Crippen LogP contribution in [0.4, 0.5) is 0 Å². The molecule has 0 bridgehead atoms. The Hall–Kier alpha value is -1.81. The van der Waals surface area contributed by atoms with Crippen LogP contribution >= 0.6 is 15.9 Å². The van der Waals surface area contributed by atoms with Crippen molar-refractivity contribution in [3.05, 3.63) is 64.1 Å². The highest BCUT2D eigenvalue weighted by Crippen LogP contribution is 2.24. The summed E-state index contributed by atoms with van der Waals surface area (Å²) in [5.41, 5.74) is 1.59. The molecule has 0 spiro atoms. The topological polar surface area (TPSA) is 38.3 Å². The van der Waals surface area contributed by atoms with E-state index in [0.29, 0.717) is 5.56 Å². The predicted octanol–water partition coefficient (Wildman–Crippen LogP) is 3.95. The number of carbonyl (C=O) groups excluding carboxylic acids is 1. The number of amides is 1. The predicted molar refractivity (Wildman–Crippen MR) is 83.0 cm³/mol. The lowest BCUT2D eigenvalue weighted by atomic mass is 10.1. The van der Waals surface area contributed by atoms with Crippen LogP contribution in [0.3, 0.4) is 0 Å². The fourth-order valence-electron chi connectivity index (χ4n) is 1.98. The Morgan fingerprint density at radius 2 is 1.80 bits per heavy atom. The average molecular weight is 334 g/mol. The van der Waals surface area contributed by atoms with Gasteiger partial charge in [0.2, 0.25) is 0 Å². The van der Waals surface area contributed by atoms with Crippen molar-refractivity contribution in [3.63, 3.8) is 0 Å². The smallest absolute Gasteiger partial charge is 0.251 e. The largest absolute Gasteiger partial charge is 0.496 e. The van der Waals surface area contributed by atoms with Gasteiger partial charge in [-0.1, -0.05) is 34.1 Å². The maximum absolute atomic E-state index is 12.2. The third kappa shape index (κ3) is 3.39. The molecule has 1 atom stereocenters. The standard InChI is InChI=1S/C16H16BrNO2/c1-11(14-5-3-4-6-15(14)20-2)18-16(19)12-7-9-13(17)10-8-12/h3-11H,1-2H3,(H,18,19). The second-order valence-corrected chi connectivity index (χ2v) is 5.36. The van der Waals surface area contributed by atoms with Gasteiger partial charge in [0.15, 0.2) is 0 Å². The summed E-state index contributed by atoms with van der Waals surface area (Å²) in [6.07, 6.45) is 0. The van der Waals surface area contributed by atoms with Gasteiger partial charge in [0, 0.05) is 15.6 Å². The van der Waals surface area contributed by atoms with Crippen LogP contribution in [0.2, 0.25) is 0 Å². The van der Waals surface area contributed by atoms with E-state index in [1.165, 1.54) is 0 Å². The van der Waals surface area contributed by atoms with Crippen LogP contribution in [-0.2, 0) is 0 Å². The molecule has 1 N–H and O–H groups in total. The molecule has 2 aromatic carbocycles. The minimum Gasteiger partial charge on any atom is -0.496 e. The van der Waals surface area contributed by atoms with Gasteiger partial charge in [-0.15, -0.1) is 0 Å². The maximum Gasteiger partial charge on any atom is 0.251 e. The van der Waals surface area contributed by atoms with Gasteiger partial charge in [-0.3, -0.25) is 4.79 Å². The average Bonchev–Trinajstić information content (AvgIpc) is 2.47. The Morgan fingerprint density at radius 3 is 2.45 bits per heavy atom. The molecule has 1 amide bonds. The number of methoxy groups -OCH3 is 1. The molecule has 1 unspecified atom stereocenters. The van der Waals surface area contributed by atoms with Crippen molar-refractivity contribution in [2.24, 2.45) is 0 Å². The second kappa shape index (κ2) is 6.57. The van der Waals surface area contributed by atoms with Gasteiger partial charge in [-0.05, 0) is 37.3 Å². The molecule has 4 heteroatoms. The quantitative estimate of drug-likeness (QED) is 0.919. The molecule has 20 heavy (non-hydrogen) atoms. The highest BCUT2D eigenvalue weighted by Gasteiger charge is 2.14. The molecule has 0 aliphatic heterocycles. The molecular weight excluding hydrogens is 318 g/mol. The van der Waals surface area contributed by atoms with Crippen LogP contribution < -0.4 is 10.1 Å². The first-order valence-electron chi connectivity index (χ1n) is 6.31. The highest BCUT2D eigenvalue weighted by atomic mass is 79.9. The molecule has 0 aromatic heterocycles. The monoisotopic (exact) mass is 333 g/mol. The van der Waals surface area contributed by atoms with Gasteiger partial charge in [0.25, 0.3) is 5.91 Å². The summed E-state index contributed by atoms with van der Waals surface area (Å²) in [7, 11) is 1.63. The van der Waals surface area contributed by atoms with E-state index in [1.54, 1.807) is 19.2 Å². The molecule has 0 fully saturated rings. The first-order valence-corrected chi connectivity index (χ1v) is 7.10. The number of rotatable bonds is 4. The summed E-state index contributed by atoms with van der Waals surface area (Å²) >= 11 is 3.35. The number of hydrogen-bond acceptors (Lipinski definition) is 2. The number of para-hydroxylation sites is 1. The Bertz CT molecular complexity index is 596. The molecule has 2 aromatic rings. The van der Waals surface area contributed by atoms with Crippen LogP contribution in [0, 0.1) is 0 Å². The van der Waals surface area contributed by atoms with Crippen molar-refractivity contribution in [3.8, 4) is 5.75 Å². The van der Waals surface area contributed by atoms with E-state index >= 15 is 0 Å². The van der Waals surface area contributed by atoms with E-state index in [0.717, 1.165) is 15.8 Å². The minimum absolute atomic E-state index is 0.101. The van der Waals surface area contributed by atoms with E-state index in [9.17, 15) is 4.79 Å². The number of nitrogens with one attached hydrogen (secondary N) is 1. The fourth-order valence-corrected chi connectivity index (χ4v) is 2.25. The molecular formula is C16H16BrNO2. The lowest BCUT2D eigenvalue weighted by molar-refractivity contribution is 0.0939. The van der Waals surface area contributed by atoms with Crippen LogP contribution in [0.5, 0.6) is 5.75 Å². The van der Waals surface area contributed by atoms with E-state index in [-0.39, 0.29) is 11.9 Å². The lowest BCUT2D eigenvalue weighted by Gasteiger charge is -2.17. The van der Waals surface area contributed by atoms with E-state index in [4.69, 9.17) is 4.74 Å². The molecule has 0 saturated heterocycles. The van der Waals surface area contributed by atoms with Crippen LogP contribution in [0.1, 0.15) is 28.9 Å². The van der Waals surface area contributed by atoms with Crippen molar-refractivity contribution in [2.45, 2.75) is 13.0 Å². The zero-order valence-corrected chi connectivity index (χ0v) is 13.0. The van der Waals surface area contributed by atoms with Gasteiger partial charge in [-0.25, -0.2) is 0 Å². The molecule has 104 valence electrons. The summed E-state index contributed by atoms with van der Waals surface area (Å²) in [6.45, 7) is 1.94. The van der Waals surface area contributed by atoms with Gasteiger partial charge >= 0.3 is 0 Å². The normalized spacial score (nSPS) is 11.8. The minimum atomic E-state index is -0.123. The Kier molecular flexibility index (Phi) is 4.79. The summed E-state index contributed by atoms with van der Waals surface area (Å²) in [4.78, 5) is 12.2. The van der Waals surface area contributed by atoms with Gasteiger partial charge in [0.05, 0.1) is 13.2 Å². The molecule has 0 radical (unpaired) electrons. The molecule has 0 aliphatic carbocycles. The summed E-state index contributed by atoms with van der Waals surface area (Å²) < 4.78 is 6.26. The van der Waals surface area contributed by atoms with Crippen molar-refractivity contribution in [1.29, 1.82) is 0 Å². The molecule has 0 aliphatic rings. The van der Waals surface area contributed by atoms with Crippen molar-refractivity contribution in [2.75, 3.05) is 7.11 Å². The SMILES string of the molecule is COc1ccccc1C(C)NC(=O)c1ccc(Br)cc1. The summed E-state index contributed by atoms with van der Waals surface area (Å²) in [5.74, 6) is 0.673. The van der Waals surface area contributed by atoms with E-state index in [1.807, 2.05) is 43.3 Å². The van der Waals surface area contributed by atoms with E-state index < -0.39 is 0 Å². The zero-order chi connectivity index (χ0) is 14.5. The van der Waals surface area contributed by atoms with Crippen LogP contribution in [0.25, 0.3) is 0 Å². The molecule has 2 rings (SSSR count). The van der Waals surface area contributed by atoms with Crippen LogP contribution in [0.15, 0.2) is 53.0 Å². The fraction of sp³-hybridized carbons (Fsp3) is 0.188. The lowest BCUT2D eigenvalue weighted by Crippen LogP contribution is -2.26. The van der Waals surface area contributed by atoms with E-state index in [2.05, 4.69) is 21.2 Å². The molecule has 0 saturated carbocycles. The first kappa shape index (κ1) is 14.6.